The van der Waals surface area contributed by atoms with E-state index < -0.39 is 0 Å². The summed E-state index contributed by atoms with van der Waals surface area (Å²) in [7, 11) is 3.66. The van der Waals surface area contributed by atoms with Gasteiger partial charge in [0.15, 0.2) is 5.96 Å². The molecule has 19 heavy (non-hydrogen) atoms. The number of guanidine groups is 1. The zero-order chi connectivity index (χ0) is 13.3. The van der Waals surface area contributed by atoms with Gasteiger partial charge in [-0.3, -0.25) is 4.99 Å². The molecule has 2 N–H and O–H groups in total. The van der Waals surface area contributed by atoms with Gasteiger partial charge < -0.3 is 15.2 Å². The van der Waals surface area contributed by atoms with Gasteiger partial charge in [0.05, 0.1) is 11.6 Å². The number of rotatable bonds is 3. The molecule has 1 fully saturated rings. The van der Waals surface area contributed by atoms with Gasteiger partial charge in [-0.05, 0) is 18.4 Å². The van der Waals surface area contributed by atoms with Crippen LogP contribution in [0.4, 0.5) is 0 Å². The first-order chi connectivity index (χ1) is 8.52. The van der Waals surface area contributed by atoms with E-state index in [0.29, 0.717) is 22.8 Å². The Labute approximate surface area is 141 Å². The average molecular weight is 417 g/mol. The van der Waals surface area contributed by atoms with Gasteiger partial charge in [-0.1, -0.05) is 30.1 Å². The standard InChI is InChI=1S/C12H18Cl2N4.HI/c1-7-4-10(7)17-12(15-2)16-6-8-5-9(13)11(14)18(8)3;/h5,7,10H,4,6H2,1-3H3,(H2,15,16,17);1H. The highest BCUT2D eigenvalue weighted by molar-refractivity contribution is 14.0. The third-order valence-corrected chi connectivity index (χ3v) is 4.15. The van der Waals surface area contributed by atoms with Crippen LogP contribution in [-0.2, 0) is 13.6 Å². The van der Waals surface area contributed by atoms with Gasteiger partial charge in [-0.15, -0.1) is 24.0 Å². The summed E-state index contributed by atoms with van der Waals surface area (Å²) in [5.41, 5.74) is 1.02. The molecule has 0 aliphatic heterocycles. The van der Waals surface area contributed by atoms with Crippen molar-refractivity contribution in [1.29, 1.82) is 0 Å². The van der Waals surface area contributed by atoms with Crippen LogP contribution in [0.5, 0.6) is 0 Å². The number of nitrogens with one attached hydrogen (secondary N) is 2. The van der Waals surface area contributed by atoms with E-state index in [9.17, 15) is 0 Å². The van der Waals surface area contributed by atoms with Crippen molar-refractivity contribution in [1.82, 2.24) is 15.2 Å². The predicted molar refractivity (Wildman–Crippen MR) is 91.8 cm³/mol. The molecular formula is C12H19Cl2IN4. The third-order valence-electron chi connectivity index (χ3n) is 3.31. The molecule has 4 nitrogen and oxygen atoms in total. The van der Waals surface area contributed by atoms with Crippen LogP contribution in [0.25, 0.3) is 0 Å². The van der Waals surface area contributed by atoms with Crippen molar-refractivity contribution in [2.45, 2.75) is 25.9 Å². The van der Waals surface area contributed by atoms with Gasteiger partial charge in [0.25, 0.3) is 0 Å². The summed E-state index contributed by atoms with van der Waals surface area (Å²) in [5, 5.41) is 7.77. The van der Waals surface area contributed by atoms with Crippen LogP contribution in [0.1, 0.15) is 19.0 Å². The molecule has 1 aliphatic carbocycles. The Morgan fingerprint density at radius 1 is 1.53 bits per heavy atom. The molecule has 0 spiro atoms. The van der Waals surface area contributed by atoms with Crippen LogP contribution in [0.2, 0.25) is 10.2 Å². The fourth-order valence-electron chi connectivity index (χ4n) is 1.83. The van der Waals surface area contributed by atoms with E-state index in [2.05, 4.69) is 22.5 Å². The van der Waals surface area contributed by atoms with Crippen LogP contribution in [0.3, 0.4) is 0 Å². The molecule has 0 bridgehead atoms. The smallest absolute Gasteiger partial charge is 0.191 e. The molecule has 1 aromatic heterocycles. The third kappa shape index (κ3) is 4.16. The summed E-state index contributed by atoms with van der Waals surface area (Å²) in [6.07, 6.45) is 1.21. The van der Waals surface area contributed by atoms with Gasteiger partial charge in [-0.2, -0.15) is 0 Å². The topological polar surface area (TPSA) is 41.4 Å². The van der Waals surface area contributed by atoms with E-state index in [0.717, 1.165) is 17.6 Å². The van der Waals surface area contributed by atoms with E-state index in [1.807, 2.05) is 17.7 Å². The second-order valence-corrected chi connectivity index (χ2v) is 5.49. The summed E-state index contributed by atoms with van der Waals surface area (Å²) < 4.78 is 1.86. The average Bonchev–Trinajstić information content (AvgIpc) is 2.99. The van der Waals surface area contributed by atoms with Crippen LogP contribution in [0, 0.1) is 5.92 Å². The monoisotopic (exact) mass is 416 g/mol. The maximum absolute atomic E-state index is 6.02. The number of hydrogen-bond donors (Lipinski definition) is 2. The summed E-state index contributed by atoms with van der Waals surface area (Å²) in [4.78, 5) is 4.20. The molecule has 0 amide bonds. The first-order valence-electron chi connectivity index (χ1n) is 5.99. The van der Waals surface area contributed by atoms with Gasteiger partial charge >= 0.3 is 0 Å². The molecule has 0 aromatic carbocycles. The van der Waals surface area contributed by atoms with E-state index in [4.69, 9.17) is 23.2 Å². The second kappa shape index (κ2) is 7.04. The normalized spacial score (nSPS) is 21.8. The van der Waals surface area contributed by atoms with Crippen molar-refractivity contribution in [3.63, 3.8) is 0 Å². The molecular weight excluding hydrogens is 398 g/mol. The summed E-state index contributed by atoms with van der Waals surface area (Å²) in [6, 6.07) is 2.42. The number of aromatic nitrogens is 1. The van der Waals surface area contributed by atoms with Gasteiger partial charge in [0.1, 0.15) is 5.15 Å². The minimum absolute atomic E-state index is 0. The second-order valence-electron chi connectivity index (χ2n) is 4.72. The zero-order valence-electron chi connectivity index (χ0n) is 11.2. The van der Waals surface area contributed by atoms with E-state index in [-0.39, 0.29) is 24.0 Å². The minimum Gasteiger partial charge on any atom is -0.353 e. The van der Waals surface area contributed by atoms with Gasteiger partial charge in [-0.25, -0.2) is 0 Å². The first kappa shape index (κ1) is 16.9. The first-order valence-corrected chi connectivity index (χ1v) is 6.75. The minimum atomic E-state index is 0. The highest BCUT2D eigenvalue weighted by Gasteiger charge is 2.33. The molecule has 0 saturated heterocycles. The zero-order valence-corrected chi connectivity index (χ0v) is 15.0. The molecule has 2 rings (SSSR count). The van der Waals surface area contributed by atoms with Crippen molar-refractivity contribution in [2.75, 3.05) is 7.05 Å². The molecule has 1 aromatic rings. The van der Waals surface area contributed by atoms with Gasteiger partial charge in [0.2, 0.25) is 0 Å². The molecule has 1 heterocycles. The van der Waals surface area contributed by atoms with E-state index >= 15 is 0 Å². The lowest BCUT2D eigenvalue weighted by atomic mass is 10.4. The van der Waals surface area contributed by atoms with Crippen molar-refractivity contribution >= 4 is 53.1 Å². The van der Waals surface area contributed by atoms with Crippen LogP contribution in [-0.4, -0.2) is 23.6 Å². The Bertz CT molecular complexity index is 473. The lowest BCUT2D eigenvalue weighted by molar-refractivity contribution is 0.733. The number of aliphatic imine (C=N–C) groups is 1. The number of halogens is 3. The summed E-state index contributed by atoms with van der Waals surface area (Å²) in [5.74, 6) is 1.56. The molecule has 2 atom stereocenters. The Balaban J connectivity index is 0.00000180. The highest BCUT2D eigenvalue weighted by atomic mass is 127. The molecule has 0 radical (unpaired) electrons. The highest BCUT2D eigenvalue weighted by Crippen LogP contribution is 2.28. The Hall–Kier alpha value is -0.140. The maximum atomic E-state index is 6.02. The molecule has 1 saturated carbocycles. The van der Waals surface area contributed by atoms with Crippen LogP contribution >= 0.6 is 47.2 Å². The maximum Gasteiger partial charge on any atom is 0.191 e. The molecule has 7 heteroatoms. The molecule has 1 aliphatic rings. The lowest BCUT2D eigenvalue weighted by Crippen LogP contribution is -2.38. The van der Waals surface area contributed by atoms with Crippen molar-refractivity contribution < 1.29 is 0 Å². The van der Waals surface area contributed by atoms with Crippen molar-refractivity contribution in [3.05, 3.63) is 21.9 Å². The molecule has 2 unspecified atom stereocenters. The number of hydrogen-bond acceptors (Lipinski definition) is 1. The fourth-order valence-corrected chi connectivity index (χ4v) is 2.24. The van der Waals surface area contributed by atoms with Crippen molar-refractivity contribution in [2.24, 2.45) is 18.0 Å². The molecule has 108 valence electrons. The largest absolute Gasteiger partial charge is 0.353 e. The van der Waals surface area contributed by atoms with Crippen LogP contribution in [0.15, 0.2) is 11.1 Å². The summed E-state index contributed by atoms with van der Waals surface area (Å²) in [6.45, 7) is 2.87. The Kier molecular flexibility index (Phi) is 6.26. The summed E-state index contributed by atoms with van der Waals surface area (Å²) >= 11 is 12.0. The van der Waals surface area contributed by atoms with Crippen LogP contribution < -0.4 is 10.6 Å². The van der Waals surface area contributed by atoms with Gasteiger partial charge in [0, 0.05) is 25.8 Å². The predicted octanol–water partition coefficient (Wildman–Crippen LogP) is 3.02. The van der Waals surface area contributed by atoms with E-state index in [1.54, 1.807) is 7.05 Å². The number of nitrogens with zero attached hydrogens (tertiary/aromatic N) is 2. The van der Waals surface area contributed by atoms with E-state index in [1.165, 1.54) is 6.42 Å². The Morgan fingerprint density at radius 3 is 2.58 bits per heavy atom. The fraction of sp³-hybridized carbons (Fsp3) is 0.583. The SMILES string of the molecule is CN=C(NCc1cc(Cl)c(Cl)n1C)NC1CC1C.I. The van der Waals surface area contributed by atoms with Crippen molar-refractivity contribution in [3.8, 4) is 0 Å². The Morgan fingerprint density at radius 2 is 2.16 bits per heavy atom. The quantitative estimate of drug-likeness (QED) is 0.451. The lowest BCUT2D eigenvalue weighted by Gasteiger charge is -2.12.